The molecule has 0 heterocycles. The number of aryl methyl sites for hydroxylation is 1. The van der Waals surface area contributed by atoms with Gasteiger partial charge in [0.2, 0.25) is 0 Å². The molecule has 0 fully saturated rings. The van der Waals surface area contributed by atoms with Crippen LogP contribution in [0.25, 0.3) is 0 Å². The minimum Gasteiger partial charge on any atom is -0.496 e. The average molecular weight is 325 g/mol. The van der Waals surface area contributed by atoms with Crippen molar-refractivity contribution in [2.45, 2.75) is 39.0 Å². The maximum Gasteiger partial charge on any atom is 0.255 e. The Morgan fingerprint density at radius 3 is 2.25 bits per heavy atom. The summed E-state index contributed by atoms with van der Waals surface area (Å²) in [6, 6.07) is 15.9. The van der Waals surface area contributed by atoms with Crippen molar-refractivity contribution in [3.8, 4) is 5.75 Å². The van der Waals surface area contributed by atoms with Crippen LogP contribution in [0.2, 0.25) is 0 Å². The zero-order valence-corrected chi connectivity index (χ0v) is 15.1. The molecule has 128 valence electrons. The Kier molecular flexibility index (Phi) is 6.02. The molecule has 1 N–H and O–H groups in total. The van der Waals surface area contributed by atoms with E-state index in [1.807, 2.05) is 18.2 Å². The van der Waals surface area contributed by atoms with Crippen LogP contribution >= 0.6 is 0 Å². The summed E-state index contributed by atoms with van der Waals surface area (Å²) in [5.41, 5.74) is 3.05. The fraction of sp³-hybridized carbons (Fsp3) is 0.381. The molecule has 0 aromatic heterocycles. The smallest absolute Gasteiger partial charge is 0.255 e. The van der Waals surface area contributed by atoms with E-state index in [1.54, 1.807) is 13.2 Å². The summed E-state index contributed by atoms with van der Waals surface area (Å²) in [5, 5.41) is 3.11. The lowest BCUT2D eigenvalue weighted by Crippen LogP contribution is -2.40. The second-order valence-corrected chi connectivity index (χ2v) is 6.24. The zero-order chi connectivity index (χ0) is 17.6. The first-order valence-corrected chi connectivity index (χ1v) is 8.54. The summed E-state index contributed by atoms with van der Waals surface area (Å²) in [6.07, 6.45) is 1.94. The molecule has 0 aliphatic carbocycles. The van der Waals surface area contributed by atoms with E-state index in [4.69, 9.17) is 4.74 Å². The van der Waals surface area contributed by atoms with Crippen molar-refractivity contribution < 1.29 is 9.53 Å². The molecule has 1 amide bonds. The molecule has 0 radical (unpaired) electrons. The lowest BCUT2D eigenvalue weighted by atomic mass is 9.75. The van der Waals surface area contributed by atoms with Crippen LogP contribution in [0.3, 0.4) is 0 Å². The van der Waals surface area contributed by atoms with Crippen molar-refractivity contribution in [1.29, 1.82) is 0 Å². The van der Waals surface area contributed by atoms with Gasteiger partial charge in [-0.3, -0.25) is 4.79 Å². The zero-order valence-electron chi connectivity index (χ0n) is 15.1. The van der Waals surface area contributed by atoms with E-state index in [0.717, 1.165) is 12.8 Å². The number of amides is 1. The molecule has 0 aliphatic heterocycles. The van der Waals surface area contributed by atoms with Gasteiger partial charge >= 0.3 is 0 Å². The van der Waals surface area contributed by atoms with Crippen LogP contribution in [-0.2, 0) is 5.41 Å². The van der Waals surface area contributed by atoms with E-state index in [0.29, 0.717) is 17.9 Å². The Morgan fingerprint density at radius 2 is 1.67 bits per heavy atom. The van der Waals surface area contributed by atoms with Gasteiger partial charge in [0, 0.05) is 12.0 Å². The van der Waals surface area contributed by atoms with Crippen molar-refractivity contribution in [3.63, 3.8) is 0 Å². The van der Waals surface area contributed by atoms with E-state index < -0.39 is 0 Å². The summed E-state index contributed by atoms with van der Waals surface area (Å²) in [5.74, 6) is 0.509. The molecule has 2 aromatic rings. The van der Waals surface area contributed by atoms with Crippen LogP contribution in [0.4, 0.5) is 0 Å². The third-order valence-corrected chi connectivity index (χ3v) is 4.96. The molecule has 0 aliphatic rings. The highest BCUT2D eigenvalue weighted by atomic mass is 16.5. The number of hydrogen-bond acceptors (Lipinski definition) is 2. The summed E-state index contributed by atoms with van der Waals surface area (Å²) in [4.78, 5) is 12.6. The van der Waals surface area contributed by atoms with Crippen molar-refractivity contribution in [2.24, 2.45) is 0 Å². The number of rotatable bonds is 7. The average Bonchev–Trinajstić information content (AvgIpc) is 2.63. The summed E-state index contributed by atoms with van der Waals surface area (Å²) >= 11 is 0. The fourth-order valence-corrected chi connectivity index (χ4v) is 3.09. The number of methoxy groups -OCH3 is 1. The van der Waals surface area contributed by atoms with Crippen molar-refractivity contribution in [1.82, 2.24) is 5.32 Å². The largest absolute Gasteiger partial charge is 0.496 e. The van der Waals surface area contributed by atoms with Gasteiger partial charge in [0.15, 0.2) is 0 Å². The molecule has 0 bridgehead atoms. The lowest BCUT2D eigenvalue weighted by Gasteiger charge is -2.33. The van der Waals surface area contributed by atoms with Crippen LogP contribution in [-0.4, -0.2) is 19.6 Å². The summed E-state index contributed by atoms with van der Waals surface area (Å²) in [6.45, 7) is 7.06. The molecule has 0 saturated heterocycles. The topological polar surface area (TPSA) is 38.3 Å². The summed E-state index contributed by atoms with van der Waals surface area (Å²) in [7, 11) is 1.58. The molecule has 2 aromatic carbocycles. The first-order valence-electron chi connectivity index (χ1n) is 8.54. The number of para-hydroxylation sites is 1. The van der Waals surface area contributed by atoms with Gasteiger partial charge in [-0.05, 0) is 37.5 Å². The Hall–Kier alpha value is -2.29. The van der Waals surface area contributed by atoms with Crippen molar-refractivity contribution in [2.75, 3.05) is 13.7 Å². The molecule has 0 spiro atoms. The number of benzene rings is 2. The van der Waals surface area contributed by atoms with Crippen LogP contribution < -0.4 is 10.1 Å². The van der Waals surface area contributed by atoms with E-state index in [2.05, 4.69) is 50.4 Å². The molecular weight excluding hydrogens is 298 g/mol. The molecule has 0 unspecified atom stereocenters. The van der Waals surface area contributed by atoms with Crippen LogP contribution in [0.15, 0.2) is 48.5 Å². The molecule has 3 heteroatoms. The first-order chi connectivity index (χ1) is 11.6. The van der Waals surface area contributed by atoms with E-state index >= 15 is 0 Å². The highest BCUT2D eigenvalue weighted by molar-refractivity contribution is 5.96. The normalized spacial score (nSPS) is 11.2. The molecule has 2 rings (SSSR count). The Balaban J connectivity index is 2.19. The predicted octanol–water partition coefficient (Wildman–Crippen LogP) is 4.49. The Bertz CT molecular complexity index is 672. The van der Waals surface area contributed by atoms with E-state index in [1.165, 1.54) is 11.1 Å². The Labute approximate surface area is 145 Å². The lowest BCUT2D eigenvalue weighted by molar-refractivity contribution is 0.0938. The molecule has 0 saturated carbocycles. The van der Waals surface area contributed by atoms with Crippen molar-refractivity contribution in [3.05, 3.63) is 65.2 Å². The molecule has 24 heavy (non-hydrogen) atoms. The van der Waals surface area contributed by atoms with Gasteiger partial charge in [0.05, 0.1) is 12.7 Å². The van der Waals surface area contributed by atoms with Gasteiger partial charge in [-0.25, -0.2) is 0 Å². The Morgan fingerprint density at radius 1 is 1.04 bits per heavy atom. The maximum absolute atomic E-state index is 12.6. The fourth-order valence-electron chi connectivity index (χ4n) is 3.09. The van der Waals surface area contributed by atoms with Crippen LogP contribution in [0.5, 0.6) is 5.75 Å². The summed E-state index contributed by atoms with van der Waals surface area (Å²) < 4.78 is 5.29. The number of nitrogens with one attached hydrogen (secondary N) is 1. The standard InChI is InChI=1S/C21H27NO2/c1-5-21(6-2,17-13-11-16(3)12-14-17)15-22-20(23)18-9-7-8-10-19(18)24-4/h7-14H,5-6,15H2,1-4H3,(H,22,23). The molecular formula is C21H27NO2. The quantitative estimate of drug-likeness (QED) is 0.814. The van der Waals surface area contributed by atoms with Gasteiger partial charge in [0.1, 0.15) is 5.75 Å². The number of carbonyl (C=O) groups excluding carboxylic acids is 1. The van der Waals surface area contributed by atoms with Crippen LogP contribution in [0.1, 0.15) is 48.2 Å². The predicted molar refractivity (Wildman–Crippen MR) is 98.8 cm³/mol. The second-order valence-electron chi connectivity index (χ2n) is 6.24. The van der Waals surface area contributed by atoms with Gasteiger partial charge < -0.3 is 10.1 Å². The highest BCUT2D eigenvalue weighted by Crippen LogP contribution is 2.31. The van der Waals surface area contributed by atoms with Gasteiger partial charge in [-0.1, -0.05) is 55.8 Å². The van der Waals surface area contributed by atoms with E-state index in [-0.39, 0.29) is 11.3 Å². The molecule has 0 atom stereocenters. The van der Waals surface area contributed by atoms with E-state index in [9.17, 15) is 4.79 Å². The number of hydrogen-bond donors (Lipinski definition) is 1. The monoisotopic (exact) mass is 325 g/mol. The third-order valence-electron chi connectivity index (χ3n) is 4.96. The number of carbonyl (C=O) groups is 1. The maximum atomic E-state index is 12.6. The minimum absolute atomic E-state index is 0.0502. The van der Waals surface area contributed by atoms with Crippen molar-refractivity contribution >= 4 is 5.91 Å². The minimum atomic E-state index is -0.0918. The number of ether oxygens (including phenoxy) is 1. The SMILES string of the molecule is CCC(CC)(CNC(=O)c1ccccc1OC)c1ccc(C)cc1. The second kappa shape index (κ2) is 8.00. The highest BCUT2D eigenvalue weighted by Gasteiger charge is 2.29. The van der Waals surface area contributed by atoms with Gasteiger partial charge in [-0.2, -0.15) is 0 Å². The third kappa shape index (κ3) is 3.78. The van der Waals surface area contributed by atoms with Gasteiger partial charge in [0.25, 0.3) is 5.91 Å². The van der Waals surface area contributed by atoms with Gasteiger partial charge in [-0.15, -0.1) is 0 Å². The van der Waals surface area contributed by atoms with Crippen LogP contribution in [0, 0.1) is 6.92 Å². The molecule has 3 nitrogen and oxygen atoms in total. The first kappa shape index (κ1) is 18.1.